The number of carboxylic acid groups (broad SMARTS) is 1. The number of amides is 1. The molecular formula is C16H28N2O3. The van der Waals surface area contributed by atoms with E-state index in [0.29, 0.717) is 25.3 Å². The quantitative estimate of drug-likeness (QED) is 0.720. The number of carbonyl (C=O) groups excluding carboxylic acids is 1. The predicted molar refractivity (Wildman–Crippen MR) is 80.6 cm³/mol. The molecule has 2 fully saturated rings. The van der Waals surface area contributed by atoms with E-state index in [-0.39, 0.29) is 24.3 Å². The Morgan fingerprint density at radius 3 is 2.48 bits per heavy atom. The van der Waals surface area contributed by atoms with Gasteiger partial charge in [-0.1, -0.05) is 13.3 Å². The highest BCUT2D eigenvalue weighted by Crippen LogP contribution is 2.39. The molecule has 2 atom stereocenters. The minimum Gasteiger partial charge on any atom is -0.481 e. The zero-order valence-electron chi connectivity index (χ0n) is 12.9. The van der Waals surface area contributed by atoms with Crippen LogP contribution in [0.3, 0.4) is 0 Å². The average Bonchev–Trinajstić information content (AvgIpc) is 2.95. The zero-order valence-corrected chi connectivity index (χ0v) is 12.9. The number of nitrogens with one attached hydrogen (secondary N) is 1. The molecule has 0 saturated heterocycles. The summed E-state index contributed by atoms with van der Waals surface area (Å²) >= 11 is 0. The molecule has 0 aromatic heterocycles. The Morgan fingerprint density at radius 1 is 1.24 bits per heavy atom. The molecule has 5 nitrogen and oxygen atoms in total. The van der Waals surface area contributed by atoms with E-state index in [9.17, 15) is 14.7 Å². The van der Waals surface area contributed by atoms with Gasteiger partial charge in [-0.3, -0.25) is 9.59 Å². The molecule has 0 aromatic carbocycles. The average molecular weight is 296 g/mol. The molecule has 120 valence electrons. The maximum Gasteiger partial charge on any atom is 0.311 e. The van der Waals surface area contributed by atoms with Gasteiger partial charge in [0.05, 0.1) is 5.41 Å². The summed E-state index contributed by atoms with van der Waals surface area (Å²) in [5.74, 6) is 0.0591. The number of aliphatic carboxylic acids is 1. The molecule has 2 aliphatic carbocycles. The van der Waals surface area contributed by atoms with Gasteiger partial charge >= 0.3 is 5.97 Å². The summed E-state index contributed by atoms with van der Waals surface area (Å²) in [5.41, 5.74) is 4.95. The lowest BCUT2D eigenvalue weighted by Gasteiger charge is -2.36. The molecule has 0 spiro atoms. The van der Waals surface area contributed by atoms with Crippen molar-refractivity contribution in [2.24, 2.45) is 28.9 Å². The summed E-state index contributed by atoms with van der Waals surface area (Å²) in [6.07, 6.45) is 6.11. The van der Waals surface area contributed by atoms with Gasteiger partial charge < -0.3 is 16.2 Å². The fraction of sp³-hybridized carbons (Fsp3) is 0.875. The molecule has 0 heterocycles. The van der Waals surface area contributed by atoms with Gasteiger partial charge in [-0.15, -0.1) is 0 Å². The van der Waals surface area contributed by atoms with E-state index in [0.717, 1.165) is 32.1 Å². The fourth-order valence-electron chi connectivity index (χ4n) is 3.83. The summed E-state index contributed by atoms with van der Waals surface area (Å²) < 4.78 is 0. The fourth-order valence-corrected chi connectivity index (χ4v) is 3.83. The first kappa shape index (κ1) is 16.3. The smallest absolute Gasteiger partial charge is 0.311 e. The summed E-state index contributed by atoms with van der Waals surface area (Å²) in [7, 11) is 0. The van der Waals surface area contributed by atoms with Crippen molar-refractivity contribution in [1.82, 2.24) is 5.32 Å². The van der Waals surface area contributed by atoms with Crippen molar-refractivity contribution in [3.63, 3.8) is 0 Å². The third-order valence-electron chi connectivity index (χ3n) is 5.58. The second-order valence-electron chi connectivity index (χ2n) is 7.02. The molecular weight excluding hydrogens is 268 g/mol. The monoisotopic (exact) mass is 296 g/mol. The minimum absolute atomic E-state index is 0.00203. The molecule has 21 heavy (non-hydrogen) atoms. The predicted octanol–water partition coefficient (Wildman–Crippen LogP) is 1.76. The van der Waals surface area contributed by atoms with Crippen molar-refractivity contribution in [3.8, 4) is 0 Å². The Bertz CT molecular complexity index is 389. The van der Waals surface area contributed by atoms with E-state index in [1.54, 1.807) is 0 Å². The van der Waals surface area contributed by atoms with Crippen molar-refractivity contribution < 1.29 is 14.7 Å². The van der Waals surface area contributed by atoms with Gasteiger partial charge in [0.1, 0.15) is 0 Å². The molecule has 0 radical (unpaired) electrons. The van der Waals surface area contributed by atoms with Gasteiger partial charge in [-0.05, 0) is 56.9 Å². The third-order valence-corrected chi connectivity index (χ3v) is 5.58. The zero-order chi connectivity index (χ0) is 15.5. The summed E-state index contributed by atoms with van der Waals surface area (Å²) in [6.45, 7) is 2.97. The van der Waals surface area contributed by atoms with Gasteiger partial charge in [-0.2, -0.15) is 0 Å². The lowest BCUT2D eigenvalue weighted by molar-refractivity contribution is -0.151. The van der Waals surface area contributed by atoms with Crippen molar-refractivity contribution in [2.75, 3.05) is 13.1 Å². The van der Waals surface area contributed by atoms with E-state index in [4.69, 9.17) is 5.73 Å². The normalized spacial score (nSPS) is 36.4. The topological polar surface area (TPSA) is 92.4 Å². The largest absolute Gasteiger partial charge is 0.481 e. The van der Waals surface area contributed by atoms with E-state index in [1.165, 1.54) is 0 Å². The summed E-state index contributed by atoms with van der Waals surface area (Å²) in [5, 5.41) is 12.5. The van der Waals surface area contributed by atoms with Gasteiger partial charge in [0.15, 0.2) is 0 Å². The number of carbonyl (C=O) groups is 2. The van der Waals surface area contributed by atoms with Gasteiger partial charge in [-0.25, -0.2) is 0 Å². The first-order valence-corrected chi connectivity index (χ1v) is 8.19. The highest BCUT2D eigenvalue weighted by molar-refractivity contribution is 5.81. The number of nitrogens with two attached hydrogens (primary N) is 1. The molecule has 5 heteroatoms. The van der Waals surface area contributed by atoms with Crippen molar-refractivity contribution in [2.45, 2.75) is 51.9 Å². The first-order valence-electron chi connectivity index (χ1n) is 8.19. The van der Waals surface area contributed by atoms with Crippen LogP contribution in [0, 0.1) is 23.2 Å². The molecule has 2 unspecified atom stereocenters. The van der Waals surface area contributed by atoms with Crippen LogP contribution in [0.2, 0.25) is 0 Å². The molecule has 2 aliphatic rings. The van der Waals surface area contributed by atoms with Gasteiger partial charge in [0.25, 0.3) is 0 Å². The van der Waals surface area contributed by atoms with Crippen molar-refractivity contribution in [3.05, 3.63) is 0 Å². The van der Waals surface area contributed by atoms with Gasteiger partial charge in [0, 0.05) is 12.5 Å². The standard InChI is InChI=1S/C16H28N2O3/c1-11-5-7-16(8-6-11,15(20)21)10-18-14(19)13-4-2-3-12(13)9-17/h11-13H,2-10,17H2,1H3,(H,18,19)(H,20,21). The lowest BCUT2D eigenvalue weighted by atomic mass is 9.70. The van der Waals surface area contributed by atoms with Crippen LogP contribution < -0.4 is 11.1 Å². The van der Waals surface area contributed by atoms with Crippen LogP contribution in [0.25, 0.3) is 0 Å². The van der Waals surface area contributed by atoms with E-state index in [1.807, 2.05) is 0 Å². The molecule has 0 aromatic rings. The second kappa shape index (κ2) is 6.77. The molecule has 4 N–H and O–H groups in total. The summed E-state index contributed by atoms with van der Waals surface area (Å²) in [4.78, 5) is 24.0. The minimum atomic E-state index is -0.767. The van der Waals surface area contributed by atoms with Crippen molar-refractivity contribution >= 4 is 11.9 Å². The second-order valence-corrected chi connectivity index (χ2v) is 7.02. The van der Waals surface area contributed by atoms with Crippen LogP contribution in [-0.2, 0) is 9.59 Å². The highest BCUT2D eigenvalue weighted by Gasteiger charge is 2.42. The highest BCUT2D eigenvalue weighted by atomic mass is 16.4. The molecule has 1 amide bonds. The number of hydrogen-bond acceptors (Lipinski definition) is 3. The number of carboxylic acids is 1. The Labute approximate surface area is 126 Å². The lowest BCUT2D eigenvalue weighted by Crippen LogP contribution is -2.47. The SMILES string of the molecule is CC1CCC(CNC(=O)C2CCCC2CN)(C(=O)O)CC1. The third kappa shape index (κ3) is 3.57. The van der Waals surface area contributed by atoms with Crippen LogP contribution in [0.5, 0.6) is 0 Å². The molecule has 0 bridgehead atoms. The molecule has 0 aliphatic heterocycles. The van der Waals surface area contributed by atoms with Gasteiger partial charge in [0.2, 0.25) is 5.91 Å². The van der Waals surface area contributed by atoms with Crippen LogP contribution in [0.4, 0.5) is 0 Å². The Morgan fingerprint density at radius 2 is 1.90 bits per heavy atom. The van der Waals surface area contributed by atoms with Crippen LogP contribution in [0.15, 0.2) is 0 Å². The number of hydrogen-bond donors (Lipinski definition) is 3. The number of rotatable bonds is 5. The molecule has 2 saturated carbocycles. The van der Waals surface area contributed by atoms with E-state index >= 15 is 0 Å². The first-order chi connectivity index (χ1) is 9.98. The molecule has 2 rings (SSSR count). The van der Waals surface area contributed by atoms with Crippen LogP contribution in [-0.4, -0.2) is 30.1 Å². The summed E-state index contributed by atoms with van der Waals surface area (Å²) in [6, 6.07) is 0. The maximum absolute atomic E-state index is 12.3. The van der Waals surface area contributed by atoms with E-state index < -0.39 is 11.4 Å². The van der Waals surface area contributed by atoms with Crippen molar-refractivity contribution in [1.29, 1.82) is 0 Å². The Kier molecular flexibility index (Phi) is 5.25. The Hall–Kier alpha value is -1.10. The van der Waals surface area contributed by atoms with Crippen LogP contribution in [0.1, 0.15) is 51.9 Å². The Balaban J connectivity index is 1.93. The van der Waals surface area contributed by atoms with Crippen LogP contribution >= 0.6 is 0 Å². The van der Waals surface area contributed by atoms with E-state index in [2.05, 4.69) is 12.2 Å². The maximum atomic E-state index is 12.3.